The molecule has 0 saturated heterocycles. The number of rotatable bonds is 7. The lowest BCUT2D eigenvalue weighted by Gasteiger charge is -2.46. The van der Waals surface area contributed by atoms with Crippen molar-refractivity contribution >= 4 is 28.8 Å². The summed E-state index contributed by atoms with van der Waals surface area (Å²) < 4.78 is 0. The molecule has 200 valence electrons. The molecule has 5 N–H and O–H groups in total. The Hall–Kier alpha value is -3.17. The second-order valence-electron chi connectivity index (χ2n) is 10.9. The molecule has 3 aliphatic carbocycles. The van der Waals surface area contributed by atoms with Crippen molar-refractivity contribution in [2.45, 2.75) is 58.6 Å². The van der Waals surface area contributed by atoms with Gasteiger partial charge in [-0.15, -0.1) is 0 Å². The van der Waals surface area contributed by atoms with Crippen molar-refractivity contribution in [1.82, 2.24) is 5.32 Å². The number of phenolic OH excluding ortho intramolecular Hbond substituents is 1. The molecular formula is C28H36N2O7. The predicted molar refractivity (Wildman–Crippen MR) is 138 cm³/mol. The third-order valence-electron chi connectivity index (χ3n) is 8.21. The van der Waals surface area contributed by atoms with Gasteiger partial charge in [-0.05, 0) is 49.8 Å². The van der Waals surface area contributed by atoms with Crippen LogP contribution < -0.4 is 10.2 Å². The number of carbonyl (C=O) groups is 3. The van der Waals surface area contributed by atoms with Crippen molar-refractivity contribution in [3.8, 4) is 5.75 Å². The third-order valence-corrected chi connectivity index (χ3v) is 8.21. The van der Waals surface area contributed by atoms with Gasteiger partial charge in [0.1, 0.15) is 22.8 Å². The summed E-state index contributed by atoms with van der Waals surface area (Å²) in [6.45, 7) is 6.41. The maximum atomic E-state index is 13.7. The molecule has 0 amide bonds. The zero-order valence-corrected chi connectivity index (χ0v) is 22.0. The van der Waals surface area contributed by atoms with Gasteiger partial charge < -0.3 is 30.6 Å². The average molecular weight is 513 g/mol. The summed E-state index contributed by atoms with van der Waals surface area (Å²) in [5.41, 5.74) is -1.01. The maximum Gasteiger partial charge on any atom is 0.202 e. The molecule has 9 heteroatoms. The van der Waals surface area contributed by atoms with E-state index in [1.807, 2.05) is 25.1 Å². The fraction of sp³-hybridized carbons (Fsp3) is 0.536. The summed E-state index contributed by atoms with van der Waals surface area (Å²) in [5.74, 6) is -4.84. The van der Waals surface area contributed by atoms with Gasteiger partial charge in [-0.25, -0.2) is 0 Å². The van der Waals surface area contributed by atoms with Gasteiger partial charge in [0.15, 0.2) is 17.2 Å². The number of carbonyl (C=O) groups excluding carboxylic acids is 3. The van der Waals surface area contributed by atoms with Gasteiger partial charge in [-0.1, -0.05) is 20.3 Å². The number of aliphatic hydroxyl groups excluding tert-OH is 2. The molecule has 4 atom stereocenters. The largest absolute Gasteiger partial charge is 0.508 e. The van der Waals surface area contributed by atoms with E-state index in [0.29, 0.717) is 30.0 Å². The van der Waals surface area contributed by atoms with Crippen LogP contribution in [0.1, 0.15) is 56.7 Å². The molecule has 37 heavy (non-hydrogen) atoms. The van der Waals surface area contributed by atoms with E-state index < -0.39 is 51.9 Å². The van der Waals surface area contributed by atoms with Gasteiger partial charge in [0.05, 0.1) is 5.56 Å². The maximum absolute atomic E-state index is 13.7. The number of anilines is 1. The topological polar surface area (TPSA) is 147 Å². The number of hydrogen-bond donors (Lipinski definition) is 5. The molecule has 1 unspecified atom stereocenters. The number of hydrogen-bond acceptors (Lipinski definition) is 9. The first kappa shape index (κ1) is 26.9. The Morgan fingerprint density at radius 1 is 1.22 bits per heavy atom. The first-order chi connectivity index (χ1) is 17.3. The molecule has 3 aliphatic rings. The van der Waals surface area contributed by atoms with Crippen LogP contribution >= 0.6 is 0 Å². The highest BCUT2D eigenvalue weighted by atomic mass is 16.3. The molecule has 0 heterocycles. The van der Waals surface area contributed by atoms with Gasteiger partial charge in [-0.3, -0.25) is 14.4 Å². The minimum atomic E-state index is -2.48. The first-order valence-corrected chi connectivity index (χ1v) is 12.8. The van der Waals surface area contributed by atoms with E-state index in [2.05, 4.69) is 19.2 Å². The minimum Gasteiger partial charge on any atom is -0.508 e. The van der Waals surface area contributed by atoms with Crippen molar-refractivity contribution in [2.24, 2.45) is 17.8 Å². The fourth-order valence-electron chi connectivity index (χ4n) is 5.96. The first-order valence-electron chi connectivity index (χ1n) is 12.8. The van der Waals surface area contributed by atoms with Gasteiger partial charge in [-0.2, -0.15) is 0 Å². The Morgan fingerprint density at radius 3 is 2.49 bits per heavy atom. The number of aromatic hydroxyl groups is 1. The Morgan fingerprint density at radius 2 is 1.89 bits per heavy atom. The molecule has 1 fully saturated rings. The normalized spacial score (nSPS) is 26.0. The molecule has 0 aromatic heterocycles. The van der Waals surface area contributed by atoms with E-state index in [4.69, 9.17) is 0 Å². The molecule has 0 radical (unpaired) electrons. The van der Waals surface area contributed by atoms with Crippen LogP contribution in [0.3, 0.4) is 0 Å². The highest BCUT2D eigenvalue weighted by Gasteiger charge is 2.60. The smallest absolute Gasteiger partial charge is 0.202 e. The highest BCUT2D eigenvalue weighted by molar-refractivity contribution is 6.23. The van der Waals surface area contributed by atoms with Gasteiger partial charge in [0, 0.05) is 49.8 Å². The van der Waals surface area contributed by atoms with E-state index in [1.54, 1.807) is 0 Å². The molecule has 0 bridgehead atoms. The quantitative estimate of drug-likeness (QED) is 0.348. The number of aliphatic hydroxyl groups is 3. The van der Waals surface area contributed by atoms with Crippen molar-refractivity contribution in [3.63, 3.8) is 0 Å². The van der Waals surface area contributed by atoms with Gasteiger partial charge >= 0.3 is 0 Å². The molecule has 9 nitrogen and oxygen atoms in total. The van der Waals surface area contributed by atoms with E-state index >= 15 is 0 Å². The number of phenols is 1. The standard InChI is InChI=1S/C28H36N2O7/c1-6-13(2)11-29-12-16-9-19(30(4)5)18-8-15-7-17-10-20(32)21(14(3)31)26(35)28(17,37)27(36)22(15)25(34)23(18)24(16)33/h9,13,15,17,29,33-35,37H,6-8,10-12H2,1-5H3/t13?,15-,17+,28-/m1/s1. The van der Waals surface area contributed by atoms with E-state index in [1.165, 1.54) is 0 Å². The Kier molecular flexibility index (Phi) is 6.98. The Balaban J connectivity index is 1.85. The summed E-state index contributed by atoms with van der Waals surface area (Å²) in [6, 6.07) is 1.87. The van der Waals surface area contributed by atoms with Gasteiger partial charge in [0.2, 0.25) is 5.78 Å². The summed E-state index contributed by atoms with van der Waals surface area (Å²) in [6.07, 6.45) is 1.19. The number of fused-ring (bicyclic) bond motifs is 3. The third kappa shape index (κ3) is 4.14. The number of benzene rings is 1. The predicted octanol–water partition coefficient (Wildman–Crippen LogP) is 2.73. The highest BCUT2D eigenvalue weighted by Crippen LogP contribution is 2.53. The summed E-state index contributed by atoms with van der Waals surface area (Å²) >= 11 is 0. The summed E-state index contributed by atoms with van der Waals surface area (Å²) in [7, 11) is 3.71. The lowest BCUT2D eigenvalue weighted by Crippen LogP contribution is -2.57. The zero-order chi connectivity index (χ0) is 27.4. The summed E-state index contributed by atoms with van der Waals surface area (Å²) in [5, 5.41) is 48.2. The van der Waals surface area contributed by atoms with Crippen LogP contribution in [0.2, 0.25) is 0 Å². The lowest BCUT2D eigenvalue weighted by atomic mass is 9.59. The van der Waals surface area contributed by atoms with Crippen LogP contribution in [0.5, 0.6) is 5.75 Å². The fourth-order valence-corrected chi connectivity index (χ4v) is 5.96. The van der Waals surface area contributed by atoms with Crippen LogP contribution in [0.15, 0.2) is 23.0 Å². The Bertz CT molecular complexity index is 1250. The van der Waals surface area contributed by atoms with Crippen molar-refractivity contribution in [3.05, 3.63) is 39.7 Å². The number of nitrogens with zero attached hydrogens (tertiary/aromatic N) is 1. The van der Waals surface area contributed by atoms with Crippen LogP contribution in [-0.2, 0) is 27.3 Å². The van der Waals surface area contributed by atoms with Crippen LogP contribution in [-0.4, -0.2) is 64.0 Å². The van der Waals surface area contributed by atoms with Crippen molar-refractivity contribution in [2.75, 3.05) is 25.5 Å². The van der Waals surface area contributed by atoms with Crippen molar-refractivity contribution < 1.29 is 34.8 Å². The monoisotopic (exact) mass is 512 g/mol. The minimum absolute atomic E-state index is 0.0974. The summed E-state index contributed by atoms with van der Waals surface area (Å²) in [4.78, 5) is 40.2. The average Bonchev–Trinajstić information content (AvgIpc) is 2.82. The van der Waals surface area contributed by atoms with Crippen LogP contribution in [0, 0.1) is 17.8 Å². The zero-order valence-electron chi connectivity index (χ0n) is 22.0. The molecule has 1 saturated carbocycles. The second-order valence-corrected chi connectivity index (χ2v) is 10.9. The number of ketones is 3. The molecule has 1 aromatic carbocycles. The van der Waals surface area contributed by atoms with Crippen LogP contribution in [0.4, 0.5) is 5.69 Å². The number of Topliss-reactive ketones (excluding diaryl/α,β-unsaturated/α-hetero) is 3. The van der Waals surface area contributed by atoms with E-state index in [9.17, 15) is 34.8 Å². The van der Waals surface area contributed by atoms with E-state index in [0.717, 1.165) is 25.6 Å². The number of nitrogens with one attached hydrogen (secondary N) is 1. The molecule has 4 rings (SSSR count). The molecule has 1 aromatic rings. The molecule has 0 spiro atoms. The Labute approximate surface area is 216 Å². The second kappa shape index (κ2) is 9.61. The van der Waals surface area contributed by atoms with Crippen LogP contribution in [0.25, 0.3) is 5.76 Å². The molecule has 0 aliphatic heterocycles. The lowest BCUT2D eigenvalue weighted by molar-refractivity contribution is -0.147. The van der Waals surface area contributed by atoms with E-state index in [-0.39, 0.29) is 29.7 Å². The SMILES string of the molecule is CCC(C)CNCc1cc(N(C)C)c2c(c1O)C(O)=C1C(=O)[C@]3(O)C(O)=C(C(C)=O)C(=O)C[C@@H]3C[C@@H]1C2. The van der Waals surface area contributed by atoms with Crippen molar-refractivity contribution in [1.29, 1.82) is 0 Å². The molecular weight excluding hydrogens is 476 g/mol. The number of allylic oxidation sites excluding steroid dienone is 1. The van der Waals surface area contributed by atoms with Gasteiger partial charge in [0.25, 0.3) is 0 Å².